The topological polar surface area (TPSA) is 55.7 Å². The SMILES string of the molecule is CC(CNC(C)c1ccc(O)cc1O)CN1CCCCC1. The van der Waals surface area contributed by atoms with Crippen molar-refractivity contribution in [2.45, 2.75) is 39.2 Å². The average molecular weight is 292 g/mol. The number of benzene rings is 1. The predicted octanol–water partition coefficient (Wildman–Crippen LogP) is 2.87. The number of hydrogen-bond acceptors (Lipinski definition) is 4. The Balaban J connectivity index is 1.78. The van der Waals surface area contributed by atoms with Crippen molar-refractivity contribution in [2.24, 2.45) is 5.92 Å². The third-order valence-electron chi connectivity index (χ3n) is 4.27. The van der Waals surface area contributed by atoms with E-state index < -0.39 is 0 Å². The smallest absolute Gasteiger partial charge is 0.124 e. The molecule has 0 saturated carbocycles. The molecule has 2 rings (SSSR count). The summed E-state index contributed by atoms with van der Waals surface area (Å²) >= 11 is 0. The Bertz CT molecular complexity index is 444. The van der Waals surface area contributed by atoms with E-state index in [9.17, 15) is 10.2 Å². The first-order valence-electron chi connectivity index (χ1n) is 8.04. The average Bonchev–Trinajstić information content (AvgIpc) is 2.46. The van der Waals surface area contributed by atoms with Crippen LogP contribution in [-0.2, 0) is 0 Å². The molecule has 2 atom stereocenters. The molecule has 1 aliphatic heterocycles. The Labute approximate surface area is 127 Å². The molecule has 0 radical (unpaired) electrons. The summed E-state index contributed by atoms with van der Waals surface area (Å²) in [6.07, 6.45) is 4.04. The molecule has 0 aliphatic carbocycles. The molecule has 1 fully saturated rings. The molecule has 1 aromatic carbocycles. The Morgan fingerprint density at radius 3 is 2.52 bits per heavy atom. The Morgan fingerprint density at radius 2 is 1.86 bits per heavy atom. The monoisotopic (exact) mass is 292 g/mol. The number of phenolic OH excluding ortho intramolecular Hbond substituents is 2. The van der Waals surface area contributed by atoms with E-state index in [0.717, 1.165) is 18.7 Å². The molecule has 1 saturated heterocycles. The van der Waals surface area contributed by atoms with Crippen LogP contribution in [0.4, 0.5) is 0 Å². The van der Waals surface area contributed by atoms with Gasteiger partial charge in [-0.25, -0.2) is 0 Å². The van der Waals surface area contributed by atoms with Gasteiger partial charge in [-0.2, -0.15) is 0 Å². The van der Waals surface area contributed by atoms with Gasteiger partial charge in [0.15, 0.2) is 0 Å². The summed E-state index contributed by atoms with van der Waals surface area (Å²) in [6.45, 7) is 8.85. The number of aromatic hydroxyl groups is 2. The largest absolute Gasteiger partial charge is 0.508 e. The highest BCUT2D eigenvalue weighted by molar-refractivity contribution is 5.40. The lowest BCUT2D eigenvalue weighted by atomic mass is 10.0. The fourth-order valence-corrected chi connectivity index (χ4v) is 3.03. The van der Waals surface area contributed by atoms with E-state index >= 15 is 0 Å². The van der Waals surface area contributed by atoms with Crippen molar-refractivity contribution in [3.63, 3.8) is 0 Å². The van der Waals surface area contributed by atoms with E-state index in [1.807, 2.05) is 6.92 Å². The van der Waals surface area contributed by atoms with Gasteiger partial charge in [0.1, 0.15) is 11.5 Å². The van der Waals surface area contributed by atoms with Crippen LogP contribution in [0.25, 0.3) is 0 Å². The number of rotatable bonds is 6. The van der Waals surface area contributed by atoms with Crippen molar-refractivity contribution in [1.29, 1.82) is 0 Å². The summed E-state index contributed by atoms with van der Waals surface area (Å²) in [7, 11) is 0. The van der Waals surface area contributed by atoms with Crippen LogP contribution in [0, 0.1) is 5.92 Å². The minimum Gasteiger partial charge on any atom is -0.508 e. The number of hydrogen-bond donors (Lipinski definition) is 3. The van der Waals surface area contributed by atoms with Crippen LogP contribution in [-0.4, -0.2) is 41.3 Å². The second kappa shape index (κ2) is 7.66. The first-order valence-corrected chi connectivity index (χ1v) is 8.04. The van der Waals surface area contributed by atoms with Gasteiger partial charge in [-0.15, -0.1) is 0 Å². The maximum absolute atomic E-state index is 9.88. The highest BCUT2D eigenvalue weighted by atomic mass is 16.3. The fraction of sp³-hybridized carbons (Fsp3) is 0.647. The van der Waals surface area contributed by atoms with Crippen LogP contribution < -0.4 is 5.32 Å². The molecule has 4 nitrogen and oxygen atoms in total. The van der Waals surface area contributed by atoms with Gasteiger partial charge in [-0.1, -0.05) is 19.4 Å². The molecule has 118 valence electrons. The van der Waals surface area contributed by atoms with Gasteiger partial charge < -0.3 is 20.4 Å². The Hall–Kier alpha value is -1.26. The van der Waals surface area contributed by atoms with E-state index in [-0.39, 0.29) is 17.5 Å². The molecule has 0 bridgehead atoms. The summed E-state index contributed by atoms with van der Waals surface area (Å²) < 4.78 is 0. The highest BCUT2D eigenvalue weighted by Gasteiger charge is 2.15. The Morgan fingerprint density at radius 1 is 1.14 bits per heavy atom. The molecular formula is C17H28N2O2. The second-order valence-electron chi connectivity index (χ2n) is 6.34. The van der Waals surface area contributed by atoms with Crippen molar-refractivity contribution >= 4 is 0 Å². The minimum absolute atomic E-state index is 0.0782. The quantitative estimate of drug-likeness (QED) is 0.754. The van der Waals surface area contributed by atoms with Crippen molar-refractivity contribution in [2.75, 3.05) is 26.2 Å². The minimum atomic E-state index is 0.0782. The molecule has 0 aromatic heterocycles. The van der Waals surface area contributed by atoms with E-state index in [2.05, 4.69) is 17.1 Å². The van der Waals surface area contributed by atoms with Crippen LogP contribution in [0.15, 0.2) is 18.2 Å². The number of phenols is 2. The molecule has 0 spiro atoms. The maximum atomic E-state index is 9.88. The first kappa shape index (κ1) is 16.1. The van der Waals surface area contributed by atoms with Crippen LogP contribution >= 0.6 is 0 Å². The molecule has 4 heteroatoms. The van der Waals surface area contributed by atoms with Gasteiger partial charge >= 0.3 is 0 Å². The van der Waals surface area contributed by atoms with Crippen LogP contribution in [0.5, 0.6) is 11.5 Å². The molecule has 0 amide bonds. The summed E-state index contributed by atoms with van der Waals surface area (Å²) in [4.78, 5) is 2.55. The number of likely N-dealkylation sites (tertiary alicyclic amines) is 1. The van der Waals surface area contributed by atoms with Gasteiger partial charge in [-0.05, 0) is 51.4 Å². The Kier molecular flexibility index (Phi) is 5.88. The second-order valence-corrected chi connectivity index (χ2v) is 6.34. The molecule has 1 heterocycles. The van der Waals surface area contributed by atoms with E-state index in [1.165, 1.54) is 38.4 Å². The van der Waals surface area contributed by atoms with Gasteiger partial charge in [0, 0.05) is 24.2 Å². The molecule has 21 heavy (non-hydrogen) atoms. The lowest BCUT2D eigenvalue weighted by Gasteiger charge is -2.29. The number of piperidine rings is 1. The van der Waals surface area contributed by atoms with Crippen LogP contribution in [0.1, 0.15) is 44.7 Å². The van der Waals surface area contributed by atoms with Crippen molar-refractivity contribution in [1.82, 2.24) is 10.2 Å². The summed E-state index contributed by atoms with van der Waals surface area (Å²) in [5, 5.41) is 22.7. The lowest BCUT2D eigenvalue weighted by Crippen LogP contribution is -2.37. The summed E-state index contributed by atoms with van der Waals surface area (Å²) in [5.74, 6) is 0.838. The summed E-state index contributed by atoms with van der Waals surface area (Å²) in [6, 6.07) is 4.86. The van der Waals surface area contributed by atoms with Crippen LogP contribution in [0.3, 0.4) is 0 Å². The molecule has 3 N–H and O–H groups in total. The number of nitrogens with one attached hydrogen (secondary N) is 1. The zero-order chi connectivity index (χ0) is 15.2. The molecular weight excluding hydrogens is 264 g/mol. The zero-order valence-corrected chi connectivity index (χ0v) is 13.2. The first-order chi connectivity index (χ1) is 10.1. The molecule has 1 aromatic rings. The van der Waals surface area contributed by atoms with Crippen molar-refractivity contribution in [3.05, 3.63) is 23.8 Å². The summed E-state index contributed by atoms with van der Waals surface area (Å²) in [5.41, 5.74) is 0.831. The lowest BCUT2D eigenvalue weighted by molar-refractivity contribution is 0.197. The van der Waals surface area contributed by atoms with Gasteiger partial charge in [0.05, 0.1) is 0 Å². The van der Waals surface area contributed by atoms with Gasteiger partial charge in [0.2, 0.25) is 0 Å². The molecule has 1 aliphatic rings. The fourth-order valence-electron chi connectivity index (χ4n) is 3.03. The zero-order valence-electron chi connectivity index (χ0n) is 13.2. The normalized spacial score (nSPS) is 19.3. The van der Waals surface area contributed by atoms with Gasteiger partial charge in [0.25, 0.3) is 0 Å². The predicted molar refractivity (Wildman–Crippen MR) is 85.6 cm³/mol. The maximum Gasteiger partial charge on any atom is 0.124 e. The van der Waals surface area contributed by atoms with E-state index in [1.54, 1.807) is 12.1 Å². The molecule has 2 unspecified atom stereocenters. The van der Waals surface area contributed by atoms with E-state index in [0.29, 0.717) is 5.92 Å². The van der Waals surface area contributed by atoms with E-state index in [4.69, 9.17) is 0 Å². The van der Waals surface area contributed by atoms with Crippen molar-refractivity contribution < 1.29 is 10.2 Å². The third-order valence-corrected chi connectivity index (χ3v) is 4.27. The third kappa shape index (κ3) is 4.90. The van der Waals surface area contributed by atoms with Gasteiger partial charge in [-0.3, -0.25) is 0 Å². The number of nitrogens with zero attached hydrogens (tertiary/aromatic N) is 1. The van der Waals surface area contributed by atoms with Crippen LogP contribution in [0.2, 0.25) is 0 Å². The standard InChI is InChI=1S/C17H28N2O2/c1-13(12-19-8-4-3-5-9-19)11-18-14(2)16-7-6-15(20)10-17(16)21/h6-7,10,13-14,18,20-21H,3-5,8-9,11-12H2,1-2H3. The highest BCUT2D eigenvalue weighted by Crippen LogP contribution is 2.27. The van der Waals surface area contributed by atoms with Crippen molar-refractivity contribution in [3.8, 4) is 11.5 Å².